The van der Waals surface area contributed by atoms with Crippen molar-refractivity contribution in [2.75, 3.05) is 18.0 Å². The highest BCUT2D eigenvalue weighted by Crippen LogP contribution is 2.26. The zero-order chi connectivity index (χ0) is 13.9. The minimum atomic E-state index is 0.325. The molecule has 0 spiro atoms. The molecule has 3 rings (SSSR count). The van der Waals surface area contributed by atoms with Gasteiger partial charge in [-0.2, -0.15) is 0 Å². The SMILES string of the molecule is NC1CCN(c2cnoc2Cc2ccc(Cl)cc2)CC1. The maximum Gasteiger partial charge on any atom is 0.164 e. The van der Waals surface area contributed by atoms with Crippen LogP contribution in [0.4, 0.5) is 5.69 Å². The molecular weight excluding hydrogens is 274 g/mol. The van der Waals surface area contributed by atoms with Crippen molar-refractivity contribution in [1.29, 1.82) is 0 Å². The molecule has 1 aromatic heterocycles. The first kappa shape index (κ1) is 13.5. The van der Waals surface area contributed by atoms with Gasteiger partial charge in [0.2, 0.25) is 0 Å². The molecule has 4 nitrogen and oxygen atoms in total. The highest BCUT2D eigenvalue weighted by Gasteiger charge is 2.21. The molecule has 1 aliphatic heterocycles. The minimum Gasteiger partial charge on any atom is -0.367 e. The van der Waals surface area contributed by atoms with E-state index in [4.69, 9.17) is 21.9 Å². The van der Waals surface area contributed by atoms with E-state index in [2.05, 4.69) is 10.1 Å². The molecule has 2 N–H and O–H groups in total. The van der Waals surface area contributed by atoms with Gasteiger partial charge in [0.25, 0.3) is 0 Å². The summed E-state index contributed by atoms with van der Waals surface area (Å²) in [5, 5.41) is 4.70. The topological polar surface area (TPSA) is 55.3 Å². The number of rotatable bonds is 3. The average Bonchev–Trinajstić information content (AvgIpc) is 2.90. The summed E-state index contributed by atoms with van der Waals surface area (Å²) in [4.78, 5) is 2.31. The molecule has 0 radical (unpaired) electrons. The monoisotopic (exact) mass is 291 g/mol. The van der Waals surface area contributed by atoms with Crippen molar-refractivity contribution in [3.8, 4) is 0 Å². The second-order valence-corrected chi connectivity index (χ2v) is 5.70. The van der Waals surface area contributed by atoms with Crippen LogP contribution >= 0.6 is 11.6 Å². The number of hydrogen-bond donors (Lipinski definition) is 1. The molecule has 20 heavy (non-hydrogen) atoms. The number of nitrogens with zero attached hydrogens (tertiary/aromatic N) is 2. The molecule has 0 unspecified atom stereocenters. The van der Waals surface area contributed by atoms with Gasteiger partial charge in [0, 0.05) is 30.6 Å². The fourth-order valence-corrected chi connectivity index (χ4v) is 2.69. The lowest BCUT2D eigenvalue weighted by Gasteiger charge is -2.31. The van der Waals surface area contributed by atoms with Gasteiger partial charge < -0.3 is 15.2 Å². The Kier molecular flexibility index (Phi) is 3.94. The van der Waals surface area contributed by atoms with Crippen LogP contribution in [0.3, 0.4) is 0 Å². The van der Waals surface area contributed by atoms with Gasteiger partial charge in [-0.1, -0.05) is 28.9 Å². The molecule has 0 aliphatic carbocycles. The van der Waals surface area contributed by atoms with Crippen molar-refractivity contribution >= 4 is 17.3 Å². The Balaban J connectivity index is 1.74. The van der Waals surface area contributed by atoms with Crippen LogP contribution < -0.4 is 10.6 Å². The third kappa shape index (κ3) is 2.97. The number of piperidine rings is 1. The summed E-state index contributed by atoms with van der Waals surface area (Å²) < 4.78 is 5.42. The van der Waals surface area contributed by atoms with Crippen molar-refractivity contribution < 1.29 is 4.52 Å². The van der Waals surface area contributed by atoms with Gasteiger partial charge in [-0.25, -0.2) is 0 Å². The van der Waals surface area contributed by atoms with Crippen LogP contribution in [0.1, 0.15) is 24.2 Å². The summed E-state index contributed by atoms with van der Waals surface area (Å²) >= 11 is 5.90. The summed E-state index contributed by atoms with van der Waals surface area (Å²) in [5.41, 5.74) is 8.21. The van der Waals surface area contributed by atoms with E-state index in [1.165, 1.54) is 5.56 Å². The van der Waals surface area contributed by atoms with E-state index in [0.29, 0.717) is 6.04 Å². The molecule has 2 heterocycles. The van der Waals surface area contributed by atoms with Gasteiger partial charge in [-0.3, -0.25) is 0 Å². The van der Waals surface area contributed by atoms with E-state index in [1.807, 2.05) is 30.5 Å². The Morgan fingerprint density at radius 3 is 2.65 bits per heavy atom. The summed E-state index contributed by atoms with van der Waals surface area (Å²) in [6.07, 6.45) is 4.58. The van der Waals surface area contributed by atoms with E-state index in [9.17, 15) is 0 Å². The summed E-state index contributed by atoms with van der Waals surface area (Å²) in [6, 6.07) is 8.15. The standard InChI is InChI=1S/C15H18ClN3O/c16-12-3-1-11(2-4-12)9-15-14(10-18-20-15)19-7-5-13(17)6-8-19/h1-4,10,13H,5-9,17H2. The Morgan fingerprint density at radius 1 is 1.25 bits per heavy atom. The second kappa shape index (κ2) is 5.85. The molecule has 0 bridgehead atoms. The minimum absolute atomic E-state index is 0.325. The lowest BCUT2D eigenvalue weighted by atomic mass is 10.0. The predicted octanol–water partition coefficient (Wildman–Crippen LogP) is 2.85. The first-order valence-electron chi connectivity index (χ1n) is 6.91. The van der Waals surface area contributed by atoms with Crippen LogP contribution in [0.2, 0.25) is 5.02 Å². The lowest BCUT2D eigenvalue weighted by molar-refractivity contribution is 0.388. The van der Waals surface area contributed by atoms with Crippen molar-refractivity contribution in [2.45, 2.75) is 25.3 Å². The fourth-order valence-electron chi connectivity index (χ4n) is 2.57. The van der Waals surface area contributed by atoms with E-state index in [0.717, 1.165) is 48.8 Å². The molecule has 1 fully saturated rings. The third-order valence-electron chi connectivity index (χ3n) is 3.78. The normalized spacial score (nSPS) is 16.6. The van der Waals surface area contributed by atoms with Crippen molar-refractivity contribution in [1.82, 2.24) is 5.16 Å². The van der Waals surface area contributed by atoms with Gasteiger partial charge in [0.15, 0.2) is 5.76 Å². The Bertz CT molecular complexity index is 559. The maximum atomic E-state index is 5.95. The molecule has 5 heteroatoms. The zero-order valence-corrected chi connectivity index (χ0v) is 12.0. The number of anilines is 1. The largest absolute Gasteiger partial charge is 0.367 e. The van der Waals surface area contributed by atoms with Gasteiger partial charge >= 0.3 is 0 Å². The average molecular weight is 292 g/mol. The van der Waals surface area contributed by atoms with Crippen molar-refractivity contribution in [3.05, 3.63) is 46.8 Å². The van der Waals surface area contributed by atoms with Gasteiger partial charge in [-0.15, -0.1) is 0 Å². The first-order chi connectivity index (χ1) is 9.72. The molecule has 1 saturated heterocycles. The fraction of sp³-hybridized carbons (Fsp3) is 0.400. The number of aromatic nitrogens is 1. The zero-order valence-electron chi connectivity index (χ0n) is 11.3. The molecule has 106 valence electrons. The van der Waals surface area contributed by atoms with Crippen LogP contribution in [-0.2, 0) is 6.42 Å². The highest BCUT2D eigenvalue weighted by molar-refractivity contribution is 6.30. The molecule has 0 saturated carbocycles. The van der Waals surface area contributed by atoms with Crippen LogP contribution in [0.15, 0.2) is 35.0 Å². The maximum absolute atomic E-state index is 5.95. The van der Waals surface area contributed by atoms with Gasteiger partial charge in [0.1, 0.15) is 5.69 Å². The van der Waals surface area contributed by atoms with Gasteiger partial charge in [0.05, 0.1) is 6.20 Å². The molecule has 1 aliphatic rings. The van der Waals surface area contributed by atoms with E-state index in [-0.39, 0.29) is 0 Å². The number of benzene rings is 1. The smallest absolute Gasteiger partial charge is 0.164 e. The summed E-state index contributed by atoms with van der Waals surface area (Å²) in [6.45, 7) is 1.94. The predicted molar refractivity (Wildman–Crippen MR) is 80.2 cm³/mol. The first-order valence-corrected chi connectivity index (χ1v) is 7.28. The molecule has 2 aromatic rings. The van der Waals surface area contributed by atoms with Crippen LogP contribution in [-0.4, -0.2) is 24.3 Å². The van der Waals surface area contributed by atoms with Crippen LogP contribution in [0, 0.1) is 0 Å². The van der Waals surface area contributed by atoms with Gasteiger partial charge in [-0.05, 0) is 30.5 Å². The lowest BCUT2D eigenvalue weighted by Crippen LogP contribution is -2.39. The Morgan fingerprint density at radius 2 is 1.95 bits per heavy atom. The summed E-state index contributed by atoms with van der Waals surface area (Å²) in [5.74, 6) is 0.905. The molecule has 1 aromatic carbocycles. The second-order valence-electron chi connectivity index (χ2n) is 5.26. The van der Waals surface area contributed by atoms with E-state index in [1.54, 1.807) is 0 Å². The number of nitrogens with two attached hydrogens (primary N) is 1. The Labute approximate surface area is 123 Å². The van der Waals surface area contributed by atoms with E-state index < -0.39 is 0 Å². The summed E-state index contributed by atoms with van der Waals surface area (Å²) in [7, 11) is 0. The molecule has 0 amide bonds. The quantitative estimate of drug-likeness (QED) is 0.945. The molecular formula is C15H18ClN3O. The molecule has 0 atom stereocenters. The third-order valence-corrected chi connectivity index (χ3v) is 4.03. The number of halogens is 1. The van der Waals surface area contributed by atoms with E-state index >= 15 is 0 Å². The highest BCUT2D eigenvalue weighted by atomic mass is 35.5. The van der Waals surface area contributed by atoms with Crippen LogP contribution in [0.5, 0.6) is 0 Å². The van der Waals surface area contributed by atoms with Crippen molar-refractivity contribution in [3.63, 3.8) is 0 Å². The van der Waals surface area contributed by atoms with Crippen LogP contribution in [0.25, 0.3) is 0 Å². The number of hydrogen-bond acceptors (Lipinski definition) is 4. The van der Waals surface area contributed by atoms with Crippen molar-refractivity contribution in [2.24, 2.45) is 5.73 Å². The Hall–Kier alpha value is -1.52.